The summed E-state index contributed by atoms with van der Waals surface area (Å²) in [7, 11) is 0. The summed E-state index contributed by atoms with van der Waals surface area (Å²) >= 11 is 0. The van der Waals surface area contributed by atoms with Gasteiger partial charge in [0.25, 0.3) is 0 Å². The molecule has 246 valence electrons. The Balaban J connectivity index is 2.98. The van der Waals surface area contributed by atoms with Crippen molar-refractivity contribution in [2.24, 2.45) is 5.41 Å². The molecule has 0 spiro atoms. The summed E-state index contributed by atoms with van der Waals surface area (Å²) in [6.07, 6.45) is 1.67. The number of phenols is 1. The molecule has 0 aliphatic carbocycles. The van der Waals surface area contributed by atoms with Crippen LogP contribution in [-0.4, -0.2) is 22.3 Å². The smallest absolute Gasteiger partial charge is 0.206 e. The van der Waals surface area contributed by atoms with Gasteiger partial charge in [0.15, 0.2) is 11.4 Å². The van der Waals surface area contributed by atoms with Crippen LogP contribution in [0.4, 0.5) is 0 Å². The molecule has 0 unspecified atom stereocenters. The molecule has 0 radical (unpaired) electrons. The lowest BCUT2D eigenvalue weighted by Crippen LogP contribution is -2.45. The van der Waals surface area contributed by atoms with Gasteiger partial charge in [-0.25, -0.2) is 0 Å². The highest BCUT2D eigenvalue weighted by molar-refractivity contribution is 6.04. The third-order valence-corrected chi connectivity index (χ3v) is 9.31. The molecule has 0 saturated carbocycles. The van der Waals surface area contributed by atoms with E-state index in [9.17, 15) is 14.7 Å². The third-order valence-electron chi connectivity index (χ3n) is 9.31. The van der Waals surface area contributed by atoms with Crippen molar-refractivity contribution >= 4 is 11.6 Å². The molecule has 0 heterocycles. The average molecular weight is 607 g/mol. The van der Waals surface area contributed by atoms with Gasteiger partial charge < -0.3 is 9.84 Å². The maximum absolute atomic E-state index is 14.8. The van der Waals surface area contributed by atoms with Crippen molar-refractivity contribution in [3.63, 3.8) is 0 Å². The van der Waals surface area contributed by atoms with Crippen molar-refractivity contribution in [3.8, 4) is 11.5 Å². The molecule has 0 bridgehead atoms. The zero-order valence-electron chi connectivity index (χ0n) is 31.1. The van der Waals surface area contributed by atoms with Gasteiger partial charge in [-0.3, -0.25) is 9.59 Å². The number of phenolic OH excluding ortho intramolecular Hbond substituents is 1. The molecule has 0 amide bonds. The van der Waals surface area contributed by atoms with Gasteiger partial charge in [-0.2, -0.15) is 0 Å². The molecule has 0 aliphatic rings. The zero-order chi connectivity index (χ0) is 34.4. The molecular formula is C40H62O4. The van der Waals surface area contributed by atoms with Gasteiger partial charge in [-0.05, 0) is 65.2 Å². The molecule has 2 aromatic rings. The van der Waals surface area contributed by atoms with Gasteiger partial charge in [-0.15, -0.1) is 0 Å². The summed E-state index contributed by atoms with van der Waals surface area (Å²) in [4.78, 5) is 28.6. The molecule has 2 aromatic carbocycles. The lowest BCUT2D eigenvalue weighted by Gasteiger charge is -2.38. The molecule has 0 aliphatic heterocycles. The second-order valence-electron chi connectivity index (χ2n) is 17.5. The number of ether oxygens (including phenoxy) is 1. The molecule has 0 saturated heterocycles. The van der Waals surface area contributed by atoms with Crippen LogP contribution in [0, 0.1) is 5.41 Å². The van der Waals surface area contributed by atoms with E-state index >= 15 is 0 Å². The Morgan fingerprint density at radius 2 is 0.864 bits per heavy atom. The van der Waals surface area contributed by atoms with Crippen molar-refractivity contribution in [2.75, 3.05) is 0 Å². The number of aromatic hydroxyl groups is 1. The molecule has 44 heavy (non-hydrogen) atoms. The highest BCUT2D eigenvalue weighted by Gasteiger charge is 2.43. The van der Waals surface area contributed by atoms with Crippen LogP contribution in [0.25, 0.3) is 0 Å². The van der Waals surface area contributed by atoms with Crippen LogP contribution in [0.5, 0.6) is 11.5 Å². The van der Waals surface area contributed by atoms with Gasteiger partial charge in [-0.1, -0.05) is 118 Å². The van der Waals surface area contributed by atoms with Crippen LogP contribution >= 0.6 is 0 Å². The lowest BCUT2D eigenvalue weighted by atomic mass is 9.74. The zero-order valence-corrected chi connectivity index (χ0v) is 31.1. The standard InChI is InChI=1S/C40H62O4/c1-18-39(16,17)33(42)25-23-29(37(10,11)12)32(30(24-25)38(13,14)15)44-40(19-2,20-3)34(43)26-21-27(35(4,5)6)31(41)28(22-26)36(7,8)9/h21-24,41H,18-20H2,1-17H3. The van der Waals surface area contributed by atoms with Gasteiger partial charge in [0.2, 0.25) is 5.78 Å². The van der Waals surface area contributed by atoms with E-state index in [0.717, 1.165) is 28.7 Å². The molecule has 0 fully saturated rings. The Morgan fingerprint density at radius 3 is 1.16 bits per heavy atom. The van der Waals surface area contributed by atoms with Crippen molar-refractivity contribution in [2.45, 2.75) is 164 Å². The van der Waals surface area contributed by atoms with Gasteiger partial charge in [0.05, 0.1) is 0 Å². The lowest BCUT2D eigenvalue weighted by molar-refractivity contribution is 0.0393. The van der Waals surface area contributed by atoms with E-state index in [1.165, 1.54) is 0 Å². The molecule has 0 atom stereocenters. The van der Waals surface area contributed by atoms with Crippen molar-refractivity contribution in [3.05, 3.63) is 57.6 Å². The predicted molar refractivity (Wildman–Crippen MR) is 186 cm³/mol. The van der Waals surface area contributed by atoms with E-state index in [0.29, 0.717) is 29.7 Å². The average Bonchev–Trinajstić information content (AvgIpc) is 2.88. The minimum absolute atomic E-state index is 0.0921. The fourth-order valence-electron chi connectivity index (χ4n) is 5.66. The van der Waals surface area contributed by atoms with Crippen molar-refractivity contribution in [1.82, 2.24) is 0 Å². The Bertz CT molecular complexity index is 1300. The van der Waals surface area contributed by atoms with Gasteiger partial charge in [0.1, 0.15) is 11.5 Å². The number of ketones is 2. The summed E-state index contributed by atoms with van der Waals surface area (Å²) in [6.45, 7) is 35.2. The molecule has 1 N–H and O–H groups in total. The maximum Gasteiger partial charge on any atom is 0.206 e. The number of hydrogen-bond donors (Lipinski definition) is 1. The third kappa shape index (κ3) is 7.60. The van der Waals surface area contributed by atoms with Gasteiger partial charge in [0, 0.05) is 38.8 Å². The summed E-state index contributed by atoms with van der Waals surface area (Å²) in [5.74, 6) is 0.968. The molecule has 0 aromatic heterocycles. The number of rotatable bonds is 9. The van der Waals surface area contributed by atoms with E-state index in [2.05, 4.69) is 83.1 Å². The van der Waals surface area contributed by atoms with Gasteiger partial charge >= 0.3 is 0 Å². The Morgan fingerprint density at radius 1 is 0.545 bits per heavy atom. The first kappa shape index (κ1) is 37.6. The van der Waals surface area contributed by atoms with E-state index in [1.54, 1.807) is 0 Å². The van der Waals surface area contributed by atoms with Crippen LogP contribution in [0.1, 0.15) is 180 Å². The first-order chi connectivity index (χ1) is 19.7. The second kappa shape index (κ2) is 12.3. The van der Waals surface area contributed by atoms with Crippen LogP contribution < -0.4 is 4.74 Å². The normalized spacial score (nSPS) is 13.7. The van der Waals surface area contributed by atoms with Crippen LogP contribution in [0.15, 0.2) is 24.3 Å². The minimum Gasteiger partial charge on any atom is -0.507 e. The number of benzene rings is 2. The summed E-state index contributed by atoms with van der Waals surface area (Å²) in [5, 5.41) is 11.3. The molecule has 2 rings (SSSR count). The Hall–Kier alpha value is -2.62. The monoisotopic (exact) mass is 606 g/mol. The van der Waals surface area contributed by atoms with Crippen molar-refractivity contribution < 1.29 is 19.4 Å². The number of carbonyl (C=O) groups excluding carboxylic acids is 2. The van der Waals surface area contributed by atoms with Crippen molar-refractivity contribution in [1.29, 1.82) is 0 Å². The quantitative estimate of drug-likeness (QED) is 0.288. The van der Waals surface area contributed by atoms with Crippen LogP contribution in [0.3, 0.4) is 0 Å². The largest absolute Gasteiger partial charge is 0.507 e. The minimum atomic E-state index is -1.14. The highest BCUT2D eigenvalue weighted by atomic mass is 16.5. The first-order valence-electron chi connectivity index (χ1n) is 16.5. The summed E-state index contributed by atoms with van der Waals surface area (Å²) < 4.78 is 7.14. The second-order valence-corrected chi connectivity index (χ2v) is 17.5. The fraction of sp³-hybridized carbons (Fsp3) is 0.650. The molecular weight excluding hydrogens is 544 g/mol. The summed E-state index contributed by atoms with van der Waals surface area (Å²) in [6, 6.07) is 7.72. The number of carbonyl (C=O) groups is 2. The highest BCUT2D eigenvalue weighted by Crippen LogP contribution is 2.46. The molecule has 4 nitrogen and oxygen atoms in total. The maximum atomic E-state index is 14.8. The predicted octanol–water partition coefficient (Wildman–Crippen LogP) is 11.0. The van der Waals surface area contributed by atoms with Crippen LogP contribution in [0.2, 0.25) is 0 Å². The Labute approximate surface area is 269 Å². The fourth-order valence-corrected chi connectivity index (χ4v) is 5.66. The SMILES string of the molecule is CCC(C)(C)C(=O)c1cc(C(C)(C)C)c(OC(CC)(CC)C(=O)c2cc(C(C)(C)C)c(O)c(C(C)(C)C)c2)c(C(C)(C)C)c1. The topological polar surface area (TPSA) is 63.6 Å². The van der Waals surface area contributed by atoms with E-state index in [4.69, 9.17) is 4.74 Å². The van der Waals surface area contributed by atoms with E-state index in [-0.39, 0.29) is 39.0 Å². The summed E-state index contributed by atoms with van der Waals surface area (Å²) in [5.41, 5.74) is 1.52. The van der Waals surface area contributed by atoms with E-state index in [1.807, 2.05) is 58.9 Å². The number of Topliss-reactive ketones (excluding diaryl/α,β-unsaturated/α-hetero) is 2. The molecule has 4 heteroatoms. The van der Waals surface area contributed by atoms with E-state index < -0.39 is 11.0 Å². The first-order valence-corrected chi connectivity index (χ1v) is 16.5. The Kier molecular flexibility index (Phi) is 10.5. The van der Waals surface area contributed by atoms with Crippen LogP contribution in [-0.2, 0) is 21.7 Å². The number of hydrogen-bond acceptors (Lipinski definition) is 4.